The van der Waals surface area contributed by atoms with Gasteiger partial charge in [0.25, 0.3) is 0 Å². The maximum atomic E-state index is 12.3. The molecule has 1 fully saturated rings. The van der Waals surface area contributed by atoms with Gasteiger partial charge < -0.3 is 15.5 Å². The van der Waals surface area contributed by atoms with Crippen LogP contribution in [0.1, 0.15) is 37.4 Å². The molecular weight excluding hydrogens is 289 g/mol. The summed E-state index contributed by atoms with van der Waals surface area (Å²) in [6, 6.07) is -0.323. The van der Waals surface area contributed by atoms with Crippen molar-refractivity contribution in [3.63, 3.8) is 0 Å². The zero-order chi connectivity index (χ0) is 15.5. The van der Waals surface area contributed by atoms with Crippen LogP contribution < -0.4 is 5.32 Å². The van der Waals surface area contributed by atoms with Gasteiger partial charge in [-0.15, -0.1) is 5.10 Å². The van der Waals surface area contributed by atoms with Crippen molar-refractivity contribution < 1.29 is 23.4 Å². The number of aliphatic hydroxyl groups is 2. The van der Waals surface area contributed by atoms with E-state index in [1.54, 1.807) is 10.9 Å². The van der Waals surface area contributed by atoms with Crippen LogP contribution in [0.25, 0.3) is 0 Å². The fourth-order valence-corrected chi connectivity index (χ4v) is 2.59. The van der Waals surface area contributed by atoms with Gasteiger partial charge in [-0.05, 0) is 12.8 Å². The Bertz CT molecular complexity index is 452. The Morgan fingerprint density at radius 3 is 2.71 bits per heavy atom. The summed E-state index contributed by atoms with van der Waals surface area (Å²) in [4.78, 5) is 0. The molecule has 2 rings (SSSR count). The van der Waals surface area contributed by atoms with E-state index >= 15 is 0 Å². The van der Waals surface area contributed by atoms with Crippen LogP contribution in [0, 0.1) is 0 Å². The van der Waals surface area contributed by atoms with Crippen LogP contribution in [-0.4, -0.2) is 50.1 Å². The summed E-state index contributed by atoms with van der Waals surface area (Å²) in [5.74, 6) is 0. The molecule has 0 radical (unpaired) electrons. The Kier molecular flexibility index (Phi) is 5.17. The number of aliphatic hydroxyl groups excluding tert-OH is 2. The number of nitrogens with zero attached hydrogens (tertiary/aromatic N) is 3. The van der Waals surface area contributed by atoms with E-state index in [4.69, 9.17) is 10.2 Å². The predicted molar refractivity (Wildman–Crippen MR) is 67.3 cm³/mol. The minimum atomic E-state index is -4.62. The molecule has 3 atom stereocenters. The Labute approximate surface area is 120 Å². The topological polar surface area (TPSA) is 83.2 Å². The average molecular weight is 308 g/mol. The molecule has 3 N–H and O–H groups in total. The third-order valence-corrected chi connectivity index (χ3v) is 3.74. The molecule has 9 heteroatoms. The summed E-state index contributed by atoms with van der Waals surface area (Å²) >= 11 is 0. The first kappa shape index (κ1) is 16.2. The molecule has 0 unspecified atom stereocenters. The van der Waals surface area contributed by atoms with Gasteiger partial charge in [0, 0.05) is 12.6 Å². The van der Waals surface area contributed by atoms with E-state index in [2.05, 4.69) is 15.6 Å². The lowest BCUT2D eigenvalue weighted by atomic mass is 9.90. The highest BCUT2D eigenvalue weighted by Gasteiger charge is 2.39. The van der Waals surface area contributed by atoms with Gasteiger partial charge in [-0.3, -0.25) is 0 Å². The number of hydrogen-bond acceptors (Lipinski definition) is 5. The van der Waals surface area contributed by atoms with Crippen molar-refractivity contribution in [2.45, 2.75) is 56.7 Å². The second kappa shape index (κ2) is 6.71. The molecule has 0 bridgehead atoms. The van der Waals surface area contributed by atoms with Gasteiger partial charge in [0.1, 0.15) is 5.69 Å². The Balaban J connectivity index is 1.99. The van der Waals surface area contributed by atoms with E-state index < -0.39 is 18.8 Å². The highest BCUT2D eigenvalue weighted by Crippen LogP contribution is 2.28. The fourth-order valence-electron chi connectivity index (χ4n) is 2.59. The van der Waals surface area contributed by atoms with Crippen molar-refractivity contribution in [1.29, 1.82) is 0 Å². The normalized spacial score (nSPS) is 25.0. The molecule has 21 heavy (non-hydrogen) atoms. The summed E-state index contributed by atoms with van der Waals surface area (Å²) in [6.45, 7) is -0.760. The summed E-state index contributed by atoms with van der Waals surface area (Å²) in [5, 5.41) is 28.5. The smallest absolute Gasteiger partial charge is 0.390 e. The average Bonchev–Trinajstić information content (AvgIpc) is 2.92. The predicted octanol–water partition coefficient (Wildman–Crippen LogP) is 0.767. The molecule has 0 saturated heterocycles. The highest BCUT2D eigenvalue weighted by molar-refractivity contribution is 4.94. The van der Waals surface area contributed by atoms with E-state index in [1.807, 2.05) is 0 Å². The van der Waals surface area contributed by atoms with Crippen molar-refractivity contribution in [3.05, 3.63) is 11.9 Å². The summed E-state index contributed by atoms with van der Waals surface area (Å²) in [6.07, 6.45) is -2.03. The number of halogens is 3. The summed E-state index contributed by atoms with van der Waals surface area (Å²) < 4.78 is 38.6. The fraction of sp³-hybridized carbons (Fsp3) is 0.833. The number of rotatable bonds is 5. The Morgan fingerprint density at radius 2 is 2.10 bits per heavy atom. The van der Waals surface area contributed by atoms with Crippen LogP contribution >= 0.6 is 0 Å². The molecule has 120 valence electrons. The van der Waals surface area contributed by atoms with Crippen LogP contribution in [0.15, 0.2) is 6.20 Å². The summed E-state index contributed by atoms with van der Waals surface area (Å²) in [7, 11) is 0. The minimum absolute atomic E-state index is 0.119. The lowest BCUT2D eigenvalue weighted by Crippen LogP contribution is -2.46. The number of nitrogens with one attached hydrogen (secondary N) is 1. The monoisotopic (exact) mass is 308 g/mol. The van der Waals surface area contributed by atoms with Crippen molar-refractivity contribution in [3.8, 4) is 0 Å². The zero-order valence-electron chi connectivity index (χ0n) is 11.4. The molecule has 1 aromatic rings. The molecule has 0 spiro atoms. The van der Waals surface area contributed by atoms with E-state index in [0.29, 0.717) is 12.1 Å². The maximum absolute atomic E-state index is 12.3. The molecule has 0 aliphatic heterocycles. The second-order valence-electron chi connectivity index (χ2n) is 5.27. The van der Waals surface area contributed by atoms with Gasteiger partial charge >= 0.3 is 6.18 Å². The number of aromatic nitrogens is 3. The largest absolute Gasteiger partial charge is 0.415 e. The van der Waals surface area contributed by atoms with Gasteiger partial charge in [-0.2, -0.15) is 13.2 Å². The molecule has 1 heterocycles. The van der Waals surface area contributed by atoms with Crippen LogP contribution in [0.4, 0.5) is 13.2 Å². The molecule has 0 aromatic carbocycles. The van der Waals surface area contributed by atoms with Gasteiger partial charge in [0.15, 0.2) is 6.10 Å². The second-order valence-corrected chi connectivity index (χ2v) is 5.27. The third-order valence-electron chi connectivity index (χ3n) is 3.74. The Hall–Kier alpha value is -1.19. The lowest BCUT2D eigenvalue weighted by Gasteiger charge is -2.32. The van der Waals surface area contributed by atoms with Gasteiger partial charge in [0.05, 0.1) is 18.8 Å². The Morgan fingerprint density at radius 1 is 1.38 bits per heavy atom. The van der Waals surface area contributed by atoms with Crippen molar-refractivity contribution in [1.82, 2.24) is 20.3 Å². The molecule has 1 aromatic heterocycles. The van der Waals surface area contributed by atoms with E-state index in [0.717, 1.165) is 19.3 Å². The molecule has 1 saturated carbocycles. The highest BCUT2D eigenvalue weighted by atomic mass is 19.4. The number of alkyl halides is 3. The molecule has 1 aliphatic rings. The van der Waals surface area contributed by atoms with E-state index in [9.17, 15) is 13.2 Å². The van der Waals surface area contributed by atoms with Crippen molar-refractivity contribution in [2.75, 3.05) is 6.54 Å². The van der Waals surface area contributed by atoms with Crippen LogP contribution in [0.2, 0.25) is 0 Å². The van der Waals surface area contributed by atoms with Gasteiger partial charge in [-0.1, -0.05) is 18.1 Å². The first-order valence-corrected chi connectivity index (χ1v) is 6.91. The van der Waals surface area contributed by atoms with Gasteiger partial charge in [0.2, 0.25) is 0 Å². The lowest BCUT2D eigenvalue weighted by molar-refractivity contribution is -0.202. The third kappa shape index (κ3) is 4.14. The first-order chi connectivity index (χ1) is 9.91. The molecule has 1 aliphatic carbocycles. The van der Waals surface area contributed by atoms with Crippen LogP contribution in [-0.2, 0) is 6.61 Å². The molecular formula is C12H19F3N4O2. The van der Waals surface area contributed by atoms with E-state index in [1.165, 1.54) is 0 Å². The standard InChI is InChI=1S/C12H19F3N4O2/c13-12(14,15)11(21)5-16-9-3-1-2-4-10(9)19-6-8(7-20)17-18-19/h6,9-11,16,20-21H,1-5,7H2/t9-,10+,11-/m0/s1. The minimum Gasteiger partial charge on any atom is -0.390 e. The maximum Gasteiger partial charge on any atom is 0.415 e. The SMILES string of the molecule is OCc1cn([C@@H]2CCCC[C@@H]2NC[C@H](O)C(F)(F)F)nn1. The zero-order valence-corrected chi connectivity index (χ0v) is 11.4. The summed E-state index contributed by atoms with van der Waals surface area (Å²) in [5.41, 5.74) is 0.426. The van der Waals surface area contributed by atoms with Crippen LogP contribution in [0.5, 0.6) is 0 Å². The quantitative estimate of drug-likeness (QED) is 0.748. The molecule has 6 nitrogen and oxygen atoms in total. The molecule has 0 amide bonds. The van der Waals surface area contributed by atoms with E-state index in [-0.39, 0.29) is 18.7 Å². The van der Waals surface area contributed by atoms with Crippen molar-refractivity contribution >= 4 is 0 Å². The van der Waals surface area contributed by atoms with Crippen LogP contribution in [0.3, 0.4) is 0 Å². The van der Waals surface area contributed by atoms with Gasteiger partial charge in [-0.25, -0.2) is 4.68 Å². The first-order valence-electron chi connectivity index (χ1n) is 6.91. The van der Waals surface area contributed by atoms with Crippen molar-refractivity contribution in [2.24, 2.45) is 0 Å². The number of hydrogen-bond donors (Lipinski definition) is 3.